The lowest BCUT2D eigenvalue weighted by atomic mass is 9.64. The minimum Gasteiger partial charge on any atom is -0.380 e. The number of hydrogen-bond donors (Lipinski definition) is 2. The van der Waals surface area contributed by atoms with E-state index >= 15 is 0 Å². The molecular formula is C34H24N2. The van der Waals surface area contributed by atoms with Crippen LogP contribution in [0, 0.1) is 24.7 Å². The molecule has 1 aromatic heterocycles. The summed E-state index contributed by atoms with van der Waals surface area (Å²) in [5.41, 5.74) is 10.8. The van der Waals surface area contributed by atoms with Gasteiger partial charge in [0, 0.05) is 57.2 Å². The molecule has 4 atom stereocenters. The summed E-state index contributed by atoms with van der Waals surface area (Å²) in [4.78, 5) is 3.86. The maximum Gasteiger partial charge on any atom is 0.0459 e. The van der Waals surface area contributed by atoms with E-state index in [1.807, 2.05) is 0 Å². The van der Waals surface area contributed by atoms with Crippen LogP contribution < -0.4 is 5.32 Å². The minimum absolute atomic E-state index is 0.168. The predicted molar refractivity (Wildman–Crippen MR) is 147 cm³/mol. The average molecular weight is 461 g/mol. The van der Waals surface area contributed by atoms with E-state index in [1.54, 1.807) is 0 Å². The Morgan fingerprint density at radius 1 is 0.639 bits per heavy atom. The Labute approximate surface area is 211 Å². The van der Waals surface area contributed by atoms with Gasteiger partial charge in [0.25, 0.3) is 0 Å². The second-order valence-corrected chi connectivity index (χ2v) is 9.77. The SMILES string of the molecule is C#Cc1ccc(C2c3c([nH]c4ccccc34)C(c3ccc(C#C)cc3)C3c4ccccc4NC23)cc1. The van der Waals surface area contributed by atoms with Gasteiger partial charge in [0.05, 0.1) is 0 Å². The largest absolute Gasteiger partial charge is 0.380 e. The van der Waals surface area contributed by atoms with Crippen molar-refractivity contribution >= 4 is 16.6 Å². The molecule has 1 aliphatic heterocycles. The number of H-pyrrole nitrogens is 1. The first-order valence-corrected chi connectivity index (χ1v) is 12.4. The summed E-state index contributed by atoms with van der Waals surface area (Å²) in [6.07, 6.45) is 11.4. The maximum absolute atomic E-state index is 5.68. The molecule has 0 saturated heterocycles. The van der Waals surface area contributed by atoms with E-state index in [4.69, 9.17) is 12.8 Å². The molecule has 0 amide bonds. The lowest BCUT2D eigenvalue weighted by Crippen LogP contribution is -2.37. The first-order chi connectivity index (χ1) is 17.8. The lowest BCUT2D eigenvalue weighted by Gasteiger charge is -2.40. The van der Waals surface area contributed by atoms with E-state index in [0.29, 0.717) is 0 Å². The predicted octanol–water partition coefficient (Wildman–Crippen LogP) is 6.99. The fraction of sp³-hybridized carbons (Fsp3) is 0.118. The smallest absolute Gasteiger partial charge is 0.0459 e. The molecule has 0 saturated carbocycles. The third-order valence-corrected chi connectivity index (χ3v) is 8.02. The fourth-order valence-electron chi connectivity index (χ4n) is 6.50. The molecule has 0 radical (unpaired) electrons. The molecule has 2 nitrogen and oxygen atoms in total. The van der Waals surface area contributed by atoms with Crippen molar-refractivity contribution in [2.24, 2.45) is 0 Å². The third kappa shape index (κ3) is 2.95. The Morgan fingerprint density at radius 2 is 1.25 bits per heavy atom. The number of fused-ring (bicyclic) bond motifs is 6. The van der Waals surface area contributed by atoms with E-state index < -0.39 is 0 Å². The number of anilines is 1. The number of hydrogen-bond acceptors (Lipinski definition) is 1. The van der Waals surface area contributed by atoms with Gasteiger partial charge in [-0.2, -0.15) is 0 Å². The van der Waals surface area contributed by atoms with Crippen molar-refractivity contribution in [3.8, 4) is 24.7 Å². The van der Waals surface area contributed by atoms with Crippen LogP contribution in [0.5, 0.6) is 0 Å². The van der Waals surface area contributed by atoms with Gasteiger partial charge in [0.15, 0.2) is 0 Å². The molecule has 2 heterocycles. The van der Waals surface area contributed by atoms with Gasteiger partial charge in [-0.15, -0.1) is 12.8 Å². The molecule has 0 fully saturated rings. The van der Waals surface area contributed by atoms with Crippen molar-refractivity contribution in [1.82, 2.24) is 4.98 Å². The lowest BCUT2D eigenvalue weighted by molar-refractivity contribution is 0.458. The van der Waals surface area contributed by atoms with Crippen LogP contribution in [0.1, 0.15) is 56.8 Å². The molecule has 4 aromatic carbocycles. The molecule has 2 aliphatic rings. The van der Waals surface area contributed by atoms with Crippen LogP contribution in [0.25, 0.3) is 10.9 Å². The fourth-order valence-corrected chi connectivity index (χ4v) is 6.50. The summed E-state index contributed by atoms with van der Waals surface area (Å²) in [5.74, 6) is 6.12. The highest BCUT2D eigenvalue weighted by Crippen LogP contribution is 2.58. The summed E-state index contributed by atoms with van der Waals surface area (Å²) in [5, 5.41) is 5.22. The molecular weight excluding hydrogens is 436 g/mol. The van der Waals surface area contributed by atoms with Crippen LogP contribution in [0.3, 0.4) is 0 Å². The minimum atomic E-state index is 0.168. The standard InChI is InChI=1S/C34H24N2/c1-3-21-13-17-23(18-14-21)29-31-25-9-5-7-11-27(25)36-34(31)30(24-19-15-22(4-2)16-20-24)32-26-10-6-8-12-28(26)35-33(29)32/h1-2,5-20,29-31,34-36H. The molecule has 2 N–H and O–H groups in total. The molecule has 2 heteroatoms. The number of nitrogens with one attached hydrogen (secondary N) is 2. The normalized spacial score (nSPS) is 21.5. The molecule has 170 valence electrons. The number of para-hydroxylation sites is 2. The first kappa shape index (κ1) is 20.7. The summed E-state index contributed by atoms with van der Waals surface area (Å²) in [6, 6.07) is 34.7. The monoisotopic (exact) mass is 460 g/mol. The number of aromatic amines is 1. The quantitative estimate of drug-likeness (QED) is 0.273. The van der Waals surface area contributed by atoms with Gasteiger partial charge < -0.3 is 10.3 Å². The molecule has 0 spiro atoms. The van der Waals surface area contributed by atoms with Crippen LogP contribution in [0.15, 0.2) is 97.1 Å². The van der Waals surface area contributed by atoms with Crippen molar-refractivity contribution in [2.75, 3.05) is 5.32 Å². The van der Waals surface area contributed by atoms with Crippen molar-refractivity contribution in [3.05, 3.63) is 136 Å². The summed E-state index contributed by atoms with van der Waals surface area (Å²) in [6.45, 7) is 0. The summed E-state index contributed by atoms with van der Waals surface area (Å²) < 4.78 is 0. The van der Waals surface area contributed by atoms with Crippen molar-refractivity contribution in [1.29, 1.82) is 0 Å². The van der Waals surface area contributed by atoms with E-state index in [2.05, 4.69) is 119 Å². The molecule has 5 aromatic rings. The Balaban J connectivity index is 1.53. The number of aromatic nitrogens is 1. The van der Waals surface area contributed by atoms with Crippen LogP contribution in [0.2, 0.25) is 0 Å². The van der Waals surface area contributed by atoms with Gasteiger partial charge >= 0.3 is 0 Å². The molecule has 1 aliphatic carbocycles. The third-order valence-electron chi connectivity index (χ3n) is 8.02. The molecule has 0 bridgehead atoms. The summed E-state index contributed by atoms with van der Waals surface area (Å²) >= 11 is 0. The Bertz CT molecular complexity index is 1690. The van der Waals surface area contributed by atoms with Crippen LogP contribution in [-0.4, -0.2) is 11.0 Å². The zero-order chi connectivity index (χ0) is 24.2. The molecule has 7 rings (SSSR count). The number of rotatable bonds is 2. The van der Waals surface area contributed by atoms with Crippen molar-refractivity contribution in [2.45, 2.75) is 23.8 Å². The highest BCUT2D eigenvalue weighted by molar-refractivity contribution is 5.88. The van der Waals surface area contributed by atoms with Crippen LogP contribution in [-0.2, 0) is 0 Å². The van der Waals surface area contributed by atoms with E-state index in [0.717, 1.165) is 11.1 Å². The van der Waals surface area contributed by atoms with Crippen LogP contribution in [0.4, 0.5) is 5.69 Å². The average Bonchev–Trinajstić information content (AvgIpc) is 3.51. The summed E-state index contributed by atoms with van der Waals surface area (Å²) in [7, 11) is 0. The zero-order valence-electron chi connectivity index (χ0n) is 19.7. The van der Waals surface area contributed by atoms with Crippen molar-refractivity contribution in [3.63, 3.8) is 0 Å². The Kier molecular flexibility index (Phi) is 4.57. The van der Waals surface area contributed by atoms with Gasteiger partial charge in [-0.05, 0) is 58.7 Å². The highest BCUT2D eigenvalue weighted by atomic mass is 15.0. The van der Waals surface area contributed by atoms with E-state index in [-0.39, 0.29) is 23.8 Å². The van der Waals surface area contributed by atoms with Crippen LogP contribution >= 0.6 is 0 Å². The topological polar surface area (TPSA) is 27.8 Å². The highest BCUT2D eigenvalue weighted by Gasteiger charge is 2.50. The molecule has 4 unspecified atom stereocenters. The zero-order valence-corrected chi connectivity index (χ0v) is 19.7. The second kappa shape index (κ2) is 7.94. The van der Waals surface area contributed by atoms with Crippen molar-refractivity contribution < 1.29 is 0 Å². The van der Waals surface area contributed by atoms with Gasteiger partial charge in [0.2, 0.25) is 0 Å². The number of benzene rings is 4. The van der Waals surface area contributed by atoms with Gasteiger partial charge in [-0.25, -0.2) is 0 Å². The van der Waals surface area contributed by atoms with Gasteiger partial charge in [-0.1, -0.05) is 72.5 Å². The first-order valence-electron chi connectivity index (χ1n) is 12.4. The van der Waals surface area contributed by atoms with E-state index in [1.165, 1.54) is 44.5 Å². The Hall–Kier alpha value is -4.66. The van der Waals surface area contributed by atoms with E-state index in [9.17, 15) is 0 Å². The Morgan fingerprint density at radius 3 is 1.94 bits per heavy atom. The molecule has 36 heavy (non-hydrogen) atoms. The second-order valence-electron chi connectivity index (χ2n) is 9.77. The maximum atomic E-state index is 5.68. The van der Waals surface area contributed by atoms with Gasteiger partial charge in [0.1, 0.15) is 0 Å². The number of terminal acetylenes is 2. The van der Waals surface area contributed by atoms with Gasteiger partial charge in [-0.3, -0.25) is 0 Å².